The minimum Gasteiger partial charge on any atom is -0.248 e. The molecule has 0 spiro atoms. The lowest BCUT2D eigenvalue weighted by Crippen LogP contribution is -1.95. The molecule has 0 N–H and O–H groups in total. The van der Waals surface area contributed by atoms with E-state index in [1.54, 1.807) is 12.1 Å². The summed E-state index contributed by atoms with van der Waals surface area (Å²) in [5.41, 5.74) is 3.19. The first-order valence-electron chi connectivity index (χ1n) is 5.12. The summed E-state index contributed by atoms with van der Waals surface area (Å²) in [6, 6.07) is 14.5. The zero-order chi connectivity index (χ0) is 11.0. The van der Waals surface area contributed by atoms with Gasteiger partial charge in [0.2, 0.25) is 0 Å². The van der Waals surface area contributed by atoms with Crippen molar-refractivity contribution >= 4 is 17.5 Å². The SMILES string of the molecule is Fc1ccccc1C1=Cc2ccccc2[N]1. The van der Waals surface area contributed by atoms with Gasteiger partial charge in [0.25, 0.3) is 0 Å². The second-order valence-corrected chi connectivity index (χ2v) is 3.68. The fourth-order valence-electron chi connectivity index (χ4n) is 1.83. The third kappa shape index (κ3) is 1.39. The Balaban J connectivity index is 2.05. The van der Waals surface area contributed by atoms with Gasteiger partial charge in [-0.05, 0) is 24.3 Å². The van der Waals surface area contributed by atoms with Crippen LogP contribution in [0.5, 0.6) is 0 Å². The number of para-hydroxylation sites is 1. The van der Waals surface area contributed by atoms with E-state index in [-0.39, 0.29) is 5.82 Å². The maximum absolute atomic E-state index is 13.6. The second kappa shape index (κ2) is 3.49. The second-order valence-electron chi connectivity index (χ2n) is 3.68. The molecule has 3 rings (SSSR count). The number of rotatable bonds is 1. The largest absolute Gasteiger partial charge is 0.248 e. The van der Waals surface area contributed by atoms with Crippen molar-refractivity contribution in [3.05, 3.63) is 65.5 Å². The van der Waals surface area contributed by atoms with Crippen LogP contribution in [0.25, 0.3) is 11.8 Å². The lowest BCUT2D eigenvalue weighted by Gasteiger charge is -2.03. The molecule has 1 nitrogen and oxygen atoms in total. The molecule has 0 aromatic heterocycles. The number of hydrogen-bond acceptors (Lipinski definition) is 0. The average Bonchev–Trinajstić information content (AvgIpc) is 2.73. The molecule has 0 aliphatic carbocycles. The number of fused-ring (bicyclic) bond motifs is 1. The molecule has 1 aliphatic rings. The Morgan fingerprint density at radius 3 is 2.44 bits per heavy atom. The van der Waals surface area contributed by atoms with Crippen molar-refractivity contribution in [3.63, 3.8) is 0 Å². The van der Waals surface area contributed by atoms with E-state index < -0.39 is 0 Å². The smallest absolute Gasteiger partial charge is 0.132 e. The highest BCUT2D eigenvalue weighted by atomic mass is 19.1. The molecule has 0 fully saturated rings. The standard InChI is InChI=1S/C14H9FN/c15-12-7-3-2-6-11(12)14-9-10-5-1-4-8-13(10)16-14/h1-9H. The van der Waals surface area contributed by atoms with E-state index in [0.29, 0.717) is 11.3 Å². The summed E-state index contributed by atoms with van der Waals surface area (Å²) < 4.78 is 13.6. The first kappa shape index (κ1) is 9.16. The number of hydrogen-bond donors (Lipinski definition) is 0. The first-order chi connectivity index (χ1) is 7.84. The van der Waals surface area contributed by atoms with E-state index in [9.17, 15) is 4.39 Å². The van der Waals surface area contributed by atoms with Crippen LogP contribution in [0.15, 0.2) is 48.5 Å². The number of halogens is 1. The highest BCUT2D eigenvalue weighted by molar-refractivity contribution is 5.91. The molecule has 0 bridgehead atoms. The van der Waals surface area contributed by atoms with E-state index in [1.165, 1.54) is 6.07 Å². The number of nitrogens with zero attached hydrogens (tertiary/aromatic N) is 1. The fourth-order valence-corrected chi connectivity index (χ4v) is 1.83. The van der Waals surface area contributed by atoms with Crippen LogP contribution in [0.4, 0.5) is 10.1 Å². The molecule has 77 valence electrons. The van der Waals surface area contributed by atoms with Gasteiger partial charge in [-0.1, -0.05) is 30.3 Å². The minimum atomic E-state index is -0.231. The van der Waals surface area contributed by atoms with Gasteiger partial charge in [-0.25, -0.2) is 9.71 Å². The van der Waals surface area contributed by atoms with Crippen LogP contribution in [0.1, 0.15) is 11.1 Å². The quantitative estimate of drug-likeness (QED) is 0.683. The van der Waals surface area contributed by atoms with Crippen molar-refractivity contribution in [3.8, 4) is 0 Å². The van der Waals surface area contributed by atoms with Crippen LogP contribution in [0.2, 0.25) is 0 Å². The zero-order valence-electron chi connectivity index (χ0n) is 8.52. The predicted molar refractivity (Wildman–Crippen MR) is 62.5 cm³/mol. The lowest BCUT2D eigenvalue weighted by atomic mass is 10.1. The van der Waals surface area contributed by atoms with Gasteiger partial charge < -0.3 is 0 Å². The van der Waals surface area contributed by atoms with Crippen molar-refractivity contribution < 1.29 is 4.39 Å². The first-order valence-corrected chi connectivity index (χ1v) is 5.12. The van der Waals surface area contributed by atoms with E-state index >= 15 is 0 Å². The van der Waals surface area contributed by atoms with Gasteiger partial charge in [0, 0.05) is 11.1 Å². The molecule has 0 amide bonds. The summed E-state index contributed by atoms with van der Waals surface area (Å²) in [7, 11) is 0. The topological polar surface area (TPSA) is 14.1 Å². The van der Waals surface area contributed by atoms with Crippen LogP contribution in [0.3, 0.4) is 0 Å². The molecule has 0 atom stereocenters. The molecule has 1 aliphatic heterocycles. The van der Waals surface area contributed by atoms with Crippen molar-refractivity contribution in [1.82, 2.24) is 5.32 Å². The summed E-state index contributed by atoms with van der Waals surface area (Å²) >= 11 is 0. The molecule has 2 heteroatoms. The molecular formula is C14H9FN. The summed E-state index contributed by atoms with van der Waals surface area (Å²) in [5, 5.41) is 4.40. The summed E-state index contributed by atoms with van der Waals surface area (Å²) in [6.07, 6.45) is 1.91. The van der Waals surface area contributed by atoms with Gasteiger partial charge in [0.15, 0.2) is 0 Å². The van der Waals surface area contributed by atoms with Crippen molar-refractivity contribution in [2.45, 2.75) is 0 Å². The fraction of sp³-hybridized carbons (Fsp3) is 0. The Hall–Kier alpha value is -2.09. The summed E-state index contributed by atoms with van der Waals surface area (Å²) in [6.45, 7) is 0. The summed E-state index contributed by atoms with van der Waals surface area (Å²) in [4.78, 5) is 0. The van der Waals surface area contributed by atoms with Gasteiger partial charge in [-0.2, -0.15) is 0 Å². The molecule has 0 saturated heterocycles. The van der Waals surface area contributed by atoms with Crippen LogP contribution >= 0.6 is 0 Å². The van der Waals surface area contributed by atoms with Gasteiger partial charge in [-0.15, -0.1) is 0 Å². The Morgan fingerprint density at radius 2 is 1.62 bits per heavy atom. The van der Waals surface area contributed by atoms with Gasteiger partial charge >= 0.3 is 0 Å². The lowest BCUT2D eigenvalue weighted by molar-refractivity contribution is 0.623. The maximum atomic E-state index is 13.6. The van der Waals surface area contributed by atoms with Crippen molar-refractivity contribution in [1.29, 1.82) is 0 Å². The van der Waals surface area contributed by atoms with Crippen LogP contribution in [0, 0.1) is 5.82 Å². The molecule has 16 heavy (non-hydrogen) atoms. The Labute approximate surface area is 93.2 Å². The maximum Gasteiger partial charge on any atom is 0.132 e. The third-order valence-corrected chi connectivity index (χ3v) is 2.62. The highest BCUT2D eigenvalue weighted by Gasteiger charge is 2.16. The predicted octanol–water partition coefficient (Wildman–Crippen LogP) is 3.57. The van der Waals surface area contributed by atoms with E-state index in [1.807, 2.05) is 36.4 Å². The molecule has 2 aromatic carbocycles. The Kier molecular flexibility index (Phi) is 2.00. The Bertz CT molecular complexity index is 572. The molecule has 2 aromatic rings. The normalized spacial score (nSPS) is 12.9. The Morgan fingerprint density at radius 1 is 0.875 bits per heavy atom. The van der Waals surface area contributed by atoms with Gasteiger partial charge in [0.1, 0.15) is 5.82 Å². The van der Waals surface area contributed by atoms with Crippen molar-refractivity contribution in [2.24, 2.45) is 0 Å². The highest BCUT2D eigenvalue weighted by Crippen LogP contribution is 2.32. The zero-order valence-corrected chi connectivity index (χ0v) is 8.52. The van der Waals surface area contributed by atoms with E-state index in [0.717, 1.165) is 11.3 Å². The van der Waals surface area contributed by atoms with Crippen molar-refractivity contribution in [2.75, 3.05) is 0 Å². The van der Waals surface area contributed by atoms with E-state index in [2.05, 4.69) is 5.32 Å². The molecule has 1 heterocycles. The number of benzene rings is 2. The van der Waals surface area contributed by atoms with Gasteiger partial charge in [-0.3, -0.25) is 0 Å². The minimum absolute atomic E-state index is 0.231. The van der Waals surface area contributed by atoms with Crippen LogP contribution < -0.4 is 5.32 Å². The van der Waals surface area contributed by atoms with Crippen LogP contribution in [-0.2, 0) is 0 Å². The third-order valence-electron chi connectivity index (χ3n) is 2.62. The molecular weight excluding hydrogens is 201 g/mol. The monoisotopic (exact) mass is 210 g/mol. The van der Waals surface area contributed by atoms with Gasteiger partial charge in [0.05, 0.1) is 11.4 Å². The van der Waals surface area contributed by atoms with Crippen LogP contribution in [-0.4, -0.2) is 0 Å². The molecule has 1 radical (unpaired) electrons. The molecule has 0 saturated carbocycles. The summed E-state index contributed by atoms with van der Waals surface area (Å²) in [5.74, 6) is -0.231. The van der Waals surface area contributed by atoms with E-state index in [4.69, 9.17) is 0 Å². The molecule has 0 unspecified atom stereocenters. The average molecular weight is 210 g/mol.